The number of amides is 1. The van der Waals surface area contributed by atoms with E-state index in [-0.39, 0.29) is 36.4 Å². The van der Waals surface area contributed by atoms with Crippen LogP contribution in [0.4, 0.5) is 0 Å². The molecule has 0 rings (SSSR count). The van der Waals surface area contributed by atoms with E-state index in [0.29, 0.717) is 5.96 Å². The SMILES string of the molecule is CCCCOCCCNC(=NCC(=O)N(C)C)NCCC.I. The van der Waals surface area contributed by atoms with E-state index in [1.807, 2.05) is 0 Å². The monoisotopic (exact) mass is 428 g/mol. The summed E-state index contributed by atoms with van der Waals surface area (Å²) in [5.74, 6) is 0.691. The van der Waals surface area contributed by atoms with Crippen LogP contribution in [0.3, 0.4) is 0 Å². The molecule has 0 aromatic rings. The van der Waals surface area contributed by atoms with Crippen LogP contribution in [-0.2, 0) is 9.53 Å². The second-order valence-corrected chi connectivity index (χ2v) is 5.13. The number of carbonyl (C=O) groups is 1. The molecule has 0 aliphatic heterocycles. The van der Waals surface area contributed by atoms with Crippen LogP contribution >= 0.6 is 24.0 Å². The zero-order valence-corrected chi connectivity index (χ0v) is 16.8. The normalized spacial score (nSPS) is 10.8. The van der Waals surface area contributed by atoms with E-state index in [9.17, 15) is 4.79 Å². The van der Waals surface area contributed by atoms with Crippen molar-refractivity contribution in [1.82, 2.24) is 15.5 Å². The number of carbonyl (C=O) groups excluding carboxylic acids is 1. The molecule has 0 aromatic heterocycles. The van der Waals surface area contributed by atoms with Gasteiger partial charge < -0.3 is 20.3 Å². The molecule has 2 N–H and O–H groups in total. The second kappa shape index (κ2) is 16.8. The largest absolute Gasteiger partial charge is 0.381 e. The van der Waals surface area contributed by atoms with Gasteiger partial charge in [0, 0.05) is 40.4 Å². The number of nitrogens with one attached hydrogen (secondary N) is 2. The number of halogens is 1. The average Bonchev–Trinajstić information content (AvgIpc) is 2.47. The van der Waals surface area contributed by atoms with Crippen LogP contribution in [0.25, 0.3) is 0 Å². The van der Waals surface area contributed by atoms with Gasteiger partial charge in [0.15, 0.2) is 5.96 Å². The van der Waals surface area contributed by atoms with Gasteiger partial charge in [-0.3, -0.25) is 4.79 Å². The number of likely N-dealkylation sites (N-methyl/N-ethyl adjacent to an activating group) is 1. The lowest BCUT2D eigenvalue weighted by atomic mass is 10.4. The van der Waals surface area contributed by atoms with Gasteiger partial charge in [0.1, 0.15) is 6.54 Å². The summed E-state index contributed by atoms with van der Waals surface area (Å²) >= 11 is 0. The number of hydrogen-bond acceptors (Lipinski definition) is 3. The Morgan fingerprint density at radius 1 is 1.05 bits per heavy atom. The lowest BCUT2D eigenvalue weighted by Gasteiger charge is -2.13. The van der Waals surface area contributed by atoms with Crippen molar-refractivity contribution < 1.29 is 9.53 Å². The third-order valence-corrected chi connectivity index (χ3v) is 2.81. The van der Waals surface area contributed by atoms with Crippen molar-refractivity contribution >= 4 is 35.8 Å². The molecule has 0 heterocycles. The molecule has 0 aliphatic carbocycles. The van der Waals surface area contributed by atoms with Crippen LogP contribution in [-0.4, -0.2) is 63.7 Å². The van der Waals surface area contributed by atoms with Crippen LogP contribution in [0.2, 0.25) is 0 Å². The van der Waals surface area contributed by atoms with Crippen LogP contribution in [0.15, 0.2) is 4.99 Å². The predicted molar refractivity (Wildman–Crippen MR) is 103 cm³/mol. The summed E-state index contributed by atoms with van der Waals surface area (Å²) in [5.41, 5.74) is 0. The van der Waals surface area contributed by atoms with Gasteiger partial charge in [-0.25, -0.2) is 4.99 Å². The summed E-state index contributed by atoms with van der Waals surface area (Å²) in [6, 6.07) is 0. The van der Waals surface area contributed by atoms with E-state index in [1.165, 1.54) is 0 Å². The minimum absolute atomic E-state index is 0. The van der Waals surface area contributed by atoms with Gasteiger partial charge in [0.2, 0.25) is 5.91 Å². The molecule has 0 saturated heterocycles. The predicted octanol–water partition coefficient (Wildman–Crippen LogP) is 1.84. The fraction of sp³-hybridized carbons (Fsp3) is 0.867. The molecule has 7 heteroatoms. The quantitative estimate of drug-likeness (QED) is 0.228. The zero-order chi connectivity index (χ0) is 15.9. The maximum Gasteiger partial charge on any atom is 0.243 e. The lowest BCUT2D eigenvalue weighted by Crippen LogP contribution is -2.39. The zero-order valence-electron chi connectivity index (χ0n) is 14.5. The number of nitrogens with zero attached hydrogens (tertiary/aromatic N) is 2. The number of unbranched alkanes of at least 4 members (excludes halogenated alkanes) is 1. The summed E-state index contributed by atoms with van der Waals surface area (Å²) in [6.07, 6.45) is 4.22. The van der Waals surface area contributed by atoms with Crippen molar-refractivity contribution in [3.05, 3.63) is 0 Å². The van der Waals surface area contributed by atoms with E-state index < -0.39 is 0 Å². The number of guanidine groups is 1. The highest BCUT2D eigenvalue weighted by Crippen LogP contribution is 1.89. The van der Waals surface area contributed by atoms with Crippen molar-refractivity contribution in [2.24, 2.45) is 4.99 Å². The Balaban J connectivity index is 0. The smallest absolute Gasteiger partial charge is 0.243 e. The Morgan fingerprint density at radius 2 is 1.68 bits per heavy atom. The van der Waals surface area contributed by atoms with Crippen molar-refractivity contribution in [1.29, 1.82) is 0 Å². The summed E-state index contributed by atoms with van der Waals surface area (Å²) in [4.78, 5) is 17.4. The minimum Gasteiger partial charge on any atom is -0.381 e. The van der Waals surface area contributed by atoms with Crippen LogP contribution in [0.1, 0.15) is 39.5 Å². The molecule has 0 fully saturated rings. The van der Waals surface area contributed by atoms with E-state index >= 15 is 0 Å². The number of aliphatic imine (C=N–C) groups is 1. The maximum atomic E-state index is 11.5. The first kappa shape index (κ1) is 23.7. The van der Waals surface area contributed by atoms with Crippen molar-refractivity contribution in [3.63, 3.8) is 0 Å². The molecule has 0 atom stereocenters. The van der Waals surface area contributed by atoms with Gasteiger partial charge in [-0.05, 0) is 19.3 Å². The van der Waals surface area contributed by atoms with Crippen molar-refractivity contribution in [2.75, 3.05) is 46.9 Å². The van der Waals surface area contributed by atoms with Gasteiger partial charge in [0.25, 0.3) is 0 Å². The average molecular weight is 428 g/mol. The van der Waals surface area contributed by atoms with Gasteiger partial charge in [-0.15, -0.1) is 24.0 Å². The Labute approximate surface area is 152 Å². The summed E-state index contributed by atoms with van der Waals surface area (Å²) in [7, 11) is 3.47. The Morgan fingerprint density at radius 3 is 2.27 bits per heavy atom. The lowest BCUT2D eigenvalue weighted by molar-refractivity contribution is -0.127. The molecular formula is C15H33IN4O2. The first-order valence-electron chi connectivity index (χ1n) is 7.91. The Hall–Kier alpha value is -0.570. The van der Waals surface area contributed by atoms with Gasteiger partial charge in [0.05, 0.1) is 0 Å². The third kappa shape index (κ3) is 14.4. The third-order valence-electron chi connectivity index (χ3n) is 2.81. The van der Waals surface area contributed by atoms with E-state index in [4.69, 9.17) is 4.74 Å². The standard InChI is InChI=1S/C15H32N4O2.HI/c1-5-7-11-21-12-8-10-17-15(16-9-6-2)18-13-14(20)19(3)4;/h5-13H2,1-4H3,(H2,16,17,18);1H. The fourth-order valence-corrected chi connectivity index (χ4v) is 1.44. The van der Waals surface area contributed by atoms with Crippen LogP contribution in [0.5, 0.6) is 0 Å². The first-order chi connectivity index (χ1) is 10.1. The first-order valence-corrected chi connectivity index (χ1v) is 7.91. The van der Waals surface area contributed by atoms with E-state index in [0.717, 1.165) is 52.0 Å². The topological polar surface area (TPSA) is 66.0 Å². The Bertz CT molecular complexity index is 299. The molecule has 0 spiro atoms. The van der Waals surface area contributed by atoms with Crippen molar-refractivity contribution in [2.45, 2.75) is 39.5 Å². The van der Waals surface area contributed by atoms with E-state index in [2.05, 4.69) is 29.5 Å². The molecular weight excluding hydrogens is 395 g/mol. The number of ether oxygens (including phenoxy) is 1. The van der Waals surface area contributed by atoms with Gasteiger partial charge in [-0.1, -0.05) is 20.3 Å². The maximum absolute atomic E-state index is 11.5. The van der Waals surface area contributed by atoms with Crippen LogP contribution < -0.4 is 10.6 Å². The second-order valence-electron chi connectivity index (χ2n) is 5.13. The highest BCUT2D eigenvalue weighted by Gasteiger charge is 2.03. The van der Waals surface area contributed by atoms with E-state index in [1.54, 1.807) is 19.0 Å². The van der Waals surface area contributed by atoms with Gasteiger partial charge in [-0.2, -0.15) is 0 Å². The van der Waals surface area contributed by atoms with Crippen molar-refractivity contribution in [3.8, 4) is 0 Å². The Kier molecular flexibility index (Phi) is 18.1. The number of hydrogen-bond donors (Lipinski definition) is 2. The molecule has 0 aromatic carbocycles. The molecule has 0 radical (unpaired) electrons. The summed E-state index contributed by atoms with van der Waals surface area (Å²) < 4.78 is 5.51. The molecule has 6 nitrogen and oxygen atoms in total. The highest BCUT2D eigenvalue weighted by molar-refractivity contribution is 14.0. The van der Waals surface area contributed by atoms with Crippen LogP contribution in [0, 0.1) is 0 Å². The molecule has 1 amide bonds. The molecule has 132 valence electrons. The molecule has 0 aliphatic rings. The highest BCUT2D eigenvalue weighted by atomic mass is 127. The van der Waals surface area contributed by atoms with Gasteiger partial charge >= 0.3 is 0 Å². The summed E-state index contributed by atoms with van der Waals surface area (Å²) in [6.45, 7) is 7.64. The summed E-state index contributed by atoms with van der Waals surface area (Å²) in [5, 5.41) is 6.43. The molecule has 0 unspecified atom stereocenters. The molecule has 0 saturated carbocycles. The minimum atomic E-state index is -0.00417. The molecule has 0 bridgehead atoms. The molecule has 22 heavy (non-hydrogen) atoms. The number of rotatable bonds is 11. The fourth-order valence-electron chi connectivity index (χ4n) is 1.44.